The van der Waals surface area contributed by atoms with Gasteiger partial charge in [-0.15, -0.1) is 11.3 Å². The third-order valence-corrected chi connectivity index (χ3v) is 4.21. The van der Waals surface area contributed by atoms with Gasteiger partial charge in [0.1, 0.15) is 0 Å². The highest BCUT2D eigenvalue weighted by Gasteiger charge is 2.05. The molecule has 2 aromatic heterocycles. The van der Waals surface area contributed by atoms with Crippen LogP contribution in [-0.4, -0.2) is 17.0 Å². The van der Waals surface area contributed by atoms with Gasteiger partial charge in [0, 0.05) is 35.1 Å². The van der Waals surface area contributed by atoms with E-state index in [2.05, 4.69) is 16.8 Å². The molecule has 0 atom stereocenters. The fraction of sp³-hybridized carbons (Fsp3) is 0.118. The fourth-order valence-electron chi connectivity index (χ4n) is 2.15. The third kappa shape index (κ3) is 3.41. The Morgan fingerprint density at radius 3 is 2.48 bits per heavy atom. The Morgan fingerprint density at radius 2 is 1.81 bits per heavy atom. The van der Waals surface area contributed by atoms with Crippen molar-refractivity contribution in [3.05, 3.63) is 76.7 Å². The summed E-state index contributed by atoms with van der Waals surface area (Å²) in [5.41, 5.74) is 1.74. The van der Waals surface area contributed by atoms with Crippen LogP contribution in [0.4, 0.5) is 0 Å². The summed E-state index contributed by atoms with van der Waals surface area (Å²) in [5.74, 6) is -0.0226. The molecule has 3 rings (SSSR count). The maximum atomic E-state index is 12.1. The second-order valence-electron chi connectivity index (χ2n) is 4.72. The lowest BCUT2D eigenvalue weighted by atomic mass is 10.2. The highest BCUT2D eigenvalue weighted by molar-refractivity contribution is 7.09. The number of aromatic nitrogens is 1. The second kappa shape index (κ2) is 6.41. The number of carbonyl (C=O) groups excluding carboxylic acids is 1. The van der Waals surface area contributed by atoms with Gasteiger partial charge in [0.05, 0.1) is 0 Å². The standard InChI is InChI=1S/C17H16N2OS/c20-17(18-10-9-16-4-3-13-21-16)14-5-7-15(8-6-14)19-11-1-2-12-19/h1-8,11-13H,9-10H2,(H,18,20). The molecule has 21 heavy (non-hydrogen) atoms. The van der Waals surface area contributed by atoms with E-state index in [1.165, 1.54) is 4.88 Å². The van der Waals surface area contributed by atoms with E-state index in [-0.39, 0.29) is 5.91 Å². The predicted molar refractivity (Wildman–Crippen MR) is 86.1 cm³/mol. The highest BCUT2D eigenvalue weighted by atomic mass is 32.1. The van der Waals surface area contributed by atoms with Crippen molar-refractivity contribution < 1.29 is 4.79 Å². The van der Waals surface area contributed by atoms with Crippen LogP contribution in [0.15, 0.2) is 66.3 Å². The first-order valence-corrected chi connectivity index (χ1v) is 7.75. The van der Waals surface area contributed by atoms with Crippen LogP contribution < -0.4 is 5.32 Å². The predicted octanol–water partition coefficient (Wildman–Crippen LogP) is 3.51. The number of hydrogen-bond donors (Lipinski definition) is 1. The molecular formula is C17H16N2OS. The van der Waals surface area contributed by atoms with Gasteiger partial charge in [0.2, 0.25) is 0 Å². The molecule has 0 aliphatic heterocycles. The largest absolute Gasteiger partial charge is 0.352 e. The summed E-state index contributed by atoms with van der Waals surface area (Å²) in [7, 11) is 0. The number of thiophene rings is 1. The second-order valence-corrected chi connectivity index (χ2v) is 5.75. The third-order valence-electron chi connectivity index (χ3n) is 3.27. The van der Waals surface area contributed by atoms with Gasteiger partial charge in [-0.2, -0.15) is 0 Å². The average Bonchev–Trinajstić information content (AvgIpc) is 3.21. The lowest BCUT2D eigenvalue weighted by Gasteiger charge is -2.06. The van der Waals surface area contributed by atoms with Gasteiger partial charge in [0.15, 0.2) is 0 Å². The van der Waals surface area contributed by atoms with Crippen molar-refractivity contribution in [2.24, 2.45) is 0 Å². The van der Waals surface area contributed by atoms with E-state index in [0.29, 0.717) is 12.1 Å². The number of nitrogens with one attached hydrogen (secondary N) is 1. The first-order valence-electron chi connectivity index (χ1n) is 6.87. The van der Waals surface area contributed by atoms with Gasteiger partial charge in [-0.3, -0.25) is 4.79 Å². The molecule has 1 aromatic carbocycles. The van der Waals surface area contributed by atoms with Crippen LogP contribution in [0.2, 0.25) is 0 Å². The Bertz CT molecular complexity index is 685. The summed E-state index contributed by atoms with van der Waals surface area (Å²) in [6, 6.07) is 15.7. The zero-order chi connectivity index (χ0) is 14.5. The molecule has 1 N–H and O–H groups in total. The van der Waals surface area contributed by atoms with Gasteiger partial charge in [0.25, 0.3) is 5.91 Å². The minimum Gasteiger partial charge on any atom is -0.352 e. The number of hydrogen-bond acceptors (Lipinski definition) is 2. The molecule has 0 saturated heterocycles. The molecule has 3 nitrogen and oxygen atoms in total. The first-order chi connectivity index (χ1) is 10.3. The average molecular weight is 296 g/mol. The molecule has 4 heteroatoms. The molecule has 0 saturated carbocycles. The Kier molecular flexibility index (Phi) is 4.17. The van der Waals surface area contributed by atoms with E-state index >= 15 is 0 Å². The smallest absolute Gasteiger partial charge is 0.251 e. The SMILES string of the molecule is O=C(NCCc1cccs1)c1ccc(-n2cccc2)cc1. The topological polar surface area (TPSA) is 34.0 Å². The van der Waals surface area contributed by atoms with Crippen molar-refractivity contribution in [1.82, 2.24) is 9.88 Å². The monoisotopic (exact) mass is 296 g/mol. The van der Waals surface area contributed by atoms with Crippen molar-refractivity contribution in [1.29, 1.82) is 0 Å². The molecule has 0 aliphatic rings. The summed E-state index contributed by atoms with van der Waals surface area (Å²) in [4.78, 5) is 13.3. The quantitative estimate of drug-likeness (QED) is 0.768. The van der Waals surface area contributed by atoms with E-state index in [0.717, 1.165) is 12.1 Å². The number of benzene rings is 1. The lowest BCUT2D eigenvalue weighted by molar-refractivity contribution is 0.0954. The van der Waals surface area contributed by atoms with E-state index in [4.69, 9.17) is 0 Å². The van der Waals surface area contributed by atoms with Crippen LogP contribution >= 0.6 is 11.3 Å². The van der Waals surface area contributed by atoms with Gasteiger partial charge < -0.3 is 9.88 Å². The van der Waals surface area contributed by atoms with E-state index < -0.39 is 0 Å². The van der Waals surface area contributed by atoms with Crippen molar-refractivity contribution in [3.63, 3.8) is 0 Å². The molecule has 2 heterocycles. The van der Waals surface area contributed by atoms with E-state index in [1.807, 2.05) is 59.4 Å². The van der Waals surface area contributed by atoms with Crippen LogP contribution in [0, 0.1) is 0 Å². The fourth-order valence-corrected chi connectivity index (χ4v) is 2.86. The molecule has 3 aromatic rings. The molecule has 1 amide bonds. The lowest BCUT2D eigenvalue weighted by Crippen LogP contribution is -2.25. The van der Waals surface area contributed by atoms with Crippen LogP contribution in [0.5, 0.6) is 0 Å². The van der Waals surface area contributed by atoms with Gasteiger partial charge >= 0.3 is 0 Å². The van der Waals surface area contributed by atoms with Gasteiger partial charge in [-0.05, 0) is 54.3 Å². The maximum Gasteiger partial charge on any atom is 0.251 e. The summed E-state index contributed by atoms with van der Waals surface area (Å²) in [5, 5.41) is 5.01. The minimum absolute atomic E-state index is 0.0226. The zero-order valence-corrected chi connectivity index (χ0v) is 12.3. The Labute approximate surface area is 127 Å². The summed E-state index contributed by atoms with van der Waals surface area (Å²) in [6.45, 7) is 0.665. The van der Waals surface area contributed by atoms with E-state index in [1.54, 1.807) is 11.3 Å². The molecule has 0 spiro atoms. The van der Waals surface area contributed by atoms with Crippen LogP contribution in [-0.2, 0) is 6.42 Å². The number of amides is 1. The van der Waals surface area contributed by atoms with Crippen molar-refractivity contribution in [3.8, 4) is 5.69 Å². The zero-order valence-electron chi connectivity index (χ0n) is 11.5. The maximum absolute atomic E-state index is 12.1. The highest BCUT2D eigenvalue weighted by Crippen LogP contribution is 2.11. The van der Waals surface area contributed by atoms with Crippen LogP contribution in [0.3, 0.4) is 0 Å². The van der Waals surface area contributed by atoms with Gasteiger partial charge in [-0.1, -0.05) is 6.07 Å². The molecule has 0 radical (unpaired) electrons. The molecule has 0 aliphatic carbocycles. The Balaban J connectivity index is 1.57. The van der Waals surface area contributed by atoms with Crippen molar-refractivity contribution in [2.45, 2.75) is 6.42 Å². The summed E-state index contributed by atoms with van der Waals surface area (Å²) < 4.78 is 2.01. The molecule has 0 fully saturated rings. The number of nitrogens with zero attached hydrogens (tertiary/aromatic N) is 1. The van der Waals surface area contributed by atoms with Gasteiger partial charge in [-0.25, -0.2) is 0 Å². The van der Waals surface area contributed by atoms with E-state index in [9.17, 15) is 4.79 Å². The van der Waals surface area contributed by atoms with Crippen molar-refractivity contribution >= 4 is 17.2 Å². The Hall–Kier alpha value is -2.33. The Morgan fingerprint density at radius 1 is 1.05 bits per heavy atom. The minimum atomic E-state index is -0.0226. The van der Waals surface area contributed by atoms with Crippen molar-refractivity contribution in [2.75, 3.05) is 6.54 Å². The number of carbonyl (C=O) groups is 1. The molecular weight excluding hydrogens is 280 g/mol. The normalized spacial score (nSPS) is 10.5. The van der Waals surface area contributed by atoms with Crippen LogP contribution in [0.1, 0.15) is 15.2 Å². The summed E-state index contributed by atoms with van der Waals surface area (Å²) >= 11 is 1.72. The molecule has 0 unspecified atom stereocenters. The molecule has 0 bridgehead atoms. The van der Waals surface area contributed by atoms with Crippen LogP contribution in [0.25, 0.3) is 5.69 Å². The number of rotatable bonds is 5. The molecule has 106 valence electrons. The first kappa shape index (κ1) is 13.6. The summed E-state index contributed by atoms with van der Waals surface area (Å²) in [6.07, 6.45) is 4.84.